The molecule has 0 aromatic heterocycles. The Kier molecular flexibility index (Phi) is 3.54. The van der Waals surface area contributed by atoms with Crippen LogP contribution in [0.2, 0.25) is 0 Å². The predicted octanol–water partition coefficient (Wildman–Crippen LogP) is 0.00850. The summed E-state index contributed by atoms with van der Waals surface area (Å²) >= 11 is 5.58. The van der Waals surface area contributed by atoms with Crippen molar-refractivity contribution in [3.8, 4) is 0 Å². The lowest BCUT2D eigenvalue weighted by Gasteiger charge is -2.23. The van der Waals surface area contributed by atoms with Crippen LogP contribution in [0, 0.1) is 0 Å². The van der Waals surface area contributed by atoms with Gasteiger partial charge < -0.3 is 10.6 Å². The van der Waals surface area contributed by atoms with E-state index in [2.05, 4.69) is 10.6 Å². The third-order valence-corrected chi connectivity index (χ3v) is 2.17. The van der Waals surface area contributed by atoms with Crippen LogP contribution in [0.5, 0.6) is 0 Å². The summed E-state index contributed by atoms with van der Waals surface area (Å²) < 4.78 is 0. The number of nitrogens with one attached hydrogen (secondary N) is 2. The standard InChI is InChI=1S/C8H13ClN2O2/c1-5(9)8(13)11-6-2-3-7(12)10-4-6/h5-6H,2-4H2,1H3,(H,10,12)(H,11,13). The Labute approximate surface area is 82.0 Å². The zero-order valence-electron chi connectivity index (χ0n) is 7.47. The Morgan fingerprint density at radius 1 is 1.77 bits per heavy atom. The van der Waals surface area contributed by atoms with E-state index in [0.29, 0.717) is 19.4 Å². The predicted molar refractivity (Wildman–Crippen MR) is 49.5 cm³/mol. The van der Waals surface area contributed by atoms with Crippen LogP contribution in [0.15, 0.2) is 0 Å². The lowest BCUT2D eigenvalue weighted by atomic mass is 10.1. The molecule has 2 amide bonds. The average molecular weight is 205 g/mol. The van der Waals surface area contributed by atoms with E-state index >= 15 is 0 Å². The van der Waals surface area contributed by atoms with Crippen molar-refractivity contribution in [2.45, 2.75) is 31.2 Å². The topological polar surface area (TPSA) is 58.2 Å². The van der Waals surface area contributed by atoms with Crippen molar-refractivity contribution < 1.29 is 9.59 Å². The largest absolute Gasteiger partial charge is 0.354 e. The second kappa shape index (κ2) is 4.46. The number of carbonyl (C=O) groups excluding carboxylic acids is 2. The molecule has 1 aliphatic heterocycles. The molecule has 0 saturated carbocycles. The summed E-state index contributed by atoms with van der Waals surface area (Å²) in [5.41, 5.74) is 0. The fourth-order valence-corrected chi connectivity index (χ4v) is 1.24. The molecule has 0 aliphatic carbocycles. The first-order chi connectivity index (χ1) is 6.09. The summed E-state index contributed by atoms with van der Waals surface area (Å²) in [6, 6.07) is 0.0337. The van der Waals surface area contributed by atoms with E-state index in [1.165, 1.54) is 0 Å². The molecule has 1 aliphatic rings. The third-order valence-electron chi connectivity index (χ3n) is 1.97. The molecule has 2 unspecified atom stereocenters. The molecule has 0 radical (unpaired) electrons. The summed E-state index contributed by atoms with van der Waals surface area (Å²) in [4.78, 5) is 21.9. The van der Waals surface area contributed by atoms with E-state index in [-0.39, 0.29) is 17.9 Å². The van der Waals surface area contributed by atoms with Crippen LogP contribution in [0.4, 0.5) is 0 Å². The number of piperidine rings is 1. The van der Waals surface area contributed by atoms with Crippen LogP contribution in [-0.4, -0.2) is 29.8 Å². The highest BCUT2D eigenvalue weighted by molar-refractivity contribution is 6.30. The number of carbonyl (C=O) groups is 2. The highest BCUT2D eigenvalue weighted by Crippen LogP contribution is 2.03. The highest BCUT2D eigenvalue weighted by Gasteiger charge is 2.20. The molecule has 13 heavy (non-hydrogen) atoms. The van der Waals surface area contributed by atoms with Crippen LogP contribution >= 0.6 is 11.6 Å². The quantitative estimate of drug-likeness (QED) is 0.623. The summed E-state index contributed by atoms with van der Waals surface area (Å²) in [7, 11) is 0. The normalized spacial score (nSPS) is 24.8. The maximum atomic E-state index is 11.1. The molecular weight excluding hydrogens is 192 g/mol. The molecule has 1 heterocycles. The zero-order chi connectivity index (χ0) is 9.84. The molecule has 0 aromatic rings. The molecule has 0 aromatic carbocycles. The Morgan fingerprint density at radius 2 is 2.46 bits per heavy atom. The first-order valence-electron chi connectivity index (χ1n) is 4.30. The number of hydrogen-bond donors (Lipinski definition) is 2. The Bertz CT molecular complexity index is 208. The van der Waals surface area contributed by atoms with Gasteiger partial charge in [0.05, 0.1) is 0 Å². The molecule has 74 valence electrons. The van der Waals surface area contributed by atoms with E-state index < -0.39 is 5.38 Å². The molecule has 2 N–H and O–H groups in total. The van der Waals surface area contributed by atoms with Gasteiger partial charge in [0.15, 0.2) is 0 Å². The second-order valence-corrected chi connectivity index (χ2v) is 3.82. The molecule has 0 spiro atoms. The van der Waals surface area contributed by atoms with Crippen molar-refractivity contribution in [3.63, 3.8) is 0 Å². The van der Waals surface area contributed by atoms with Crippen LogP contribution in [0.3, 0.4) is 0 Å². The Hall–Kier alpha value is -0.770. The van der Waals surface area contributed by atoms with Gasteiger partial charge in [-0.05, 0) is 13.3 Å². The van der Waals surface area contributed by atoms with Crippen LogP contribution in [0.25, 0.3) is 0 Å². The first kappa shape index (κ1) is 10.3. The van der Waals surface area contributed by atoms with Crippen molar-refractivity contribution in [2.75, 3.05) is 6.54 Å². The first-order valence-corrected chi connectivity index (χ1v) is 4.74. The van der Waals surface area contributed by atoms with Crippen LogP contribution in [0.1, 0.15) is 19.8 Å². The van der Waals surface area contributed by atoms with Crippen molar-refractivity contribution in [1.82, 2.24) is 10.6 Å². The summed E-state index contributed by atoms with van der Waals surface area (Å²) in [6.07, 6.45) is 1.17. The van der Waals surface area contributed by atoms with Gasteiger partial charge in [0.25, 0.3) is 0 Å². The third kappa shape index (κ3) is 3.22. The van der Waals surface area contributed by atoms with Gasteiger partial charge in [0.1, 0.15) is 5.38 Å². The van der Waals surface area contributed by atoms with Gasteiger partial charge in [0.2, 0.25) is 11.8 Å². The maximum Gasteiger partial charge on any atom is 0.238 e. The summed E-state index contributed by atoms with van der Waals surface area (Å²) in [6.45, 7) is 2.13. The molecule has 1 fully saturated rings. The number of rotatable bonds is 2. The van der Waals surface area contributed by atoms with Gasteiger partial charge in [-0.3, -0.25) is 9.59 Å². The van der Waals surface area contributed by atoms with Crippen LogP contribution < -0.4 is 10.6 Å². The molecule has 1 rings (SSSR count). The molecule has 0 bridgehead atoms. The van der Waals surface area contributed by atoms with Crippen molar-refractivity contribution in [2.24, 2.45) is 0 Å². The summed E-state index contributed by atoms with van der Waals surface area (Å²) in [5, 5.41) is 4.92. The molecule has 4 nitrogen and oxygen atoms in total. The van der Waals surface area contributed by atoms with Crippen molar-refractivity contribution in [1.29, 1.82) is 0 Å². The number of alkyl halides is 1. The van der Waals surface area contributed by atoms with Gasteiger partial charge >= 0.3 is 0 Å². The minimum atomic E-state index is -0.516. The van der Waals surface area contributed by atoms with Gasteiger partial charge in [-0.2, -0.15) is 0 Å². The van der Waals surface area contributed by atoms with Gasteiger partial charge in [-0.15, -0.1) is 11.6 Å². The van der Waals surface area contributed by atoms with E-state index in [1.54, 1.807) is 6.92 Å². The lowest BCUT2D eigenvalue weighted by molar-refractivity contribution is -0.125. The van der Waals surface area contributed by atoms with Gasteiger partial charge in [-0.25, -0.2) is 0 Å². The SMILES string of the molecule is CC(Cl)C(=O)NC1CCC(=O)NC1. The minimum absolute atomic E-state index is 0.0337. The van der Waals surface area contributed by atoms with E-state index in [1.807, 2.05) is 0 Å². The Morgan fingerprint density at radius 3 is 2.92 bits per heavy atom. The molecule has 1 saturated heterocycles. The fourth-order valence-electron chi connectivity index (χ4n) is 1.17. The number of amides is 2. The van der Waals surface area contributed by atoms with Crippen molar-refractivity contribution >= 4 is 23.4 Å². The highest BCUT2D eigenvalue weighted by atomic mass is 35.5. The van der Waals surface area contributed by atoms with Crippen LogP contribution in [-0.2, 0) is 9.59 Å². The summed E-state index contributed by atoms with van der Waals surface area (Å²) in [5.74, 6) is -0.132. The average Bonchev–Trinajstić information content (AvgIpc) is 2.08. The van der Waals surface area contributed by atoms with Crippen molar-refractivity contribution in [3.05, 3.63) is 0 Å². The van der Waals surface area contributed by atoms with Gasteiger partial charge in [0, 0.05) is 19.0 Å². The lowest BCUT2D eigenvalue weighted by Crippen LogP contribution is -2.49. The van der Waals surface area contributed by atoms with Gasteiger partial charge in [-0.1, -0.05) is 0 Å². The zero-order valence-corrected chi connectivity index (χ0v) is 8.23. The molecule has 5 heteroatoms. The van der Waals surface area contributed by atoms with E-state index in [0.717, 1.165) is 0 Å². The monoisotopic (exact) mass is 204 g/mol. The number of hydrogen-bond acceptors (Lipinski definition) is 2. The van der Waals surface area contributed by atoms with E-state index in [4.69, 9.17) is 11.6 Å². The molecular formula is C8H13ClN2O2. The van der Waals surface area contributed by atoms with E-state index in [9.17, 15) is 9.59 Å². The smallest absolute Gasteiger partial charge is 0.238 e. The molecule has 2 atom stereocenters. The number of halogens is 1. The second-order valence-electron chi connectivity index (χ2n) is 3.16. The minimum Gasteiger partial charge on any atom is -0.354 e. The maximum absolute atomic E-state index is 11.1. The fraction of sp³-hybridized carbons (Fsp3) is 0.750. The Balaban J connectivity index is 2.30.